The van der Waals surface area contributed by atoms with Crippen LogP contribution in [0.2, 0.25) is 0 Å². The lowest BCUT2D eigenvalue weighted by molar-refractivity contribution is -0.110. The smallest absolute Gasteiger partial charge is 0.336 e. The Kier molecular flexibility index (Phi) is 4.26. The molecule has 0 heterocycles. The van der Waals surface area contributed by atoms with Gasteiger partial charge in [-0.1, -0.05) is 13.0 Å². The zero-order valence-corrected chi connectivity index (χ0v) is 10.4. The second-order valence-electron chi connectivity index (χ2n) is 3.44. The van der Waals surface area contributed by atoms with Crippen molar-refractivity contribution in [2.24, 2.45) is 5.92 Å². The third kappa shape index (κ3) is 3.30. The van der Waals surface area contributed by atoms with Gasteiger partial charge in [-0.25, -0.2) is 4.79 Å². The maximum absolute atomic E-state index is 10.9. The van der Waals surface area contributed by atoms with Gasteiger partial charge in [-0.2, -0.15) is 0 Å². The zero-order chi connectivity index (χ0) is 11.4. The molecule has 0 aromatic heterocycles. The van der Waals surface area contributed by atoms with E-state index in [4.69, 9.17) is 5.11 Å². The summed E-state index contributed by atoms with van der Waals surface area (Å²) >= 11 is 1.98. The fourth-order valence-corrected chi connectivity index (χ4v) is 1.85. The first kappa shape index (κ1) is 12.2. The van der Waals surface area contributed by atoms with Crippen molar-refractivity contribution in [2.45, 2.75) is 13.3 Å². The van der Waals surface area contributed by atoms with Gasteiger partial charge in [0.05, 0.1) is 5.56 Å². The third-order valence-corrected chi connectivity index (χ3v) is 2.99. The summed E-state index contributed by atoms with van der Waals surface area (Å²) in [5, 5.41) is 8.91. The lowest BCUT2D eigenvalue weighted by Crippen LogP contribution is -2.04. The van der Waals surface area contributed by atoms with Crippen LogP contribution in [0.15, 0.2) is 18.2 Å². The molecule has 0 aliphatic rings. The third-order valence-electron chi connectivity index (χ3n) is 2.05. The average molecular weight is 318 g/mol. The topological polar surface area (TPSA) is 54.4 Å². The summed E-state index contributed by atoms with van der Waals surface area (Å²) in [6.45, 7) is 1.81. The first-order chi connectivity index (χ1) is 7.04. The molecule has 4 heteroatoms. The Morgan fingerprint density at radius 2 is 2.27 bits per heavy atom. The number of aromatic carboxylic acids is 1. The van der Waals surface area contributed by atoms with E-state index in [9.17, 15) is 9.59 Å². The fourth-order valence-electron chi connectivity index (χ4n) is 1.28. The van der Waals surface area contributed by atoms with Crippen LogP contribution in [-0.2, 0) is 11.2 Å². The molecule has 1 N–H and O–H groups in total. The van der Waals surface area contributed by atoms with Gasteiger partial charge in [-0.3, -0.25) is 0 Å². The molecule has 1 unspecified atom stereocenters. The normalized spacial score (nSPS) is 12.1. The Bertz CT molecular complexity index is 387. The Hall–Kier alpha value is -0.910. The van der Waals surface area contributed by atoms with E-state index < -0.39 is 5.97 Å². The van der Waals surface area contributed by atoms with E-state index in [2.05, 4.69) is 0 Å². The fraction of sp³-hybridized carbons (Fsp3) is 0.273. The van der Waals surface area contributed by atoms with Crippen molar-refractivity contribution in [1.82, 2.24) is 0 Å². The van der Waals surface area contributed by atoms with Crippen molar-refractivity contribution < 1.29 is 14.7 Å². The predicted octanol–water partition coefficient (Wildman–Crippen LogP) is 2.37. The van der Waals surface area contributed by atoms with Gasteiger partial charge in [0.1, 0.15) is 6.29 Å². The minimum atomic E-state index is -0.931. The van der Waals surface area contributed by atoms with Crippen LogP contribution in [0.1, 0.15) is 22.8 Å². The summed E-state index contributed by atoms with van der Waals surface area (Å²) < 4.78 is 0.711. The largest absolute Gasteiger partial charge is 0.478 e. The van der Waals surface area contributed by atoms with Crippen LogP contribution in [0.3, 0.4) is 0 Å². The minimum Gasteiger partial charge on any atom is -0.478 e. The number of hydrogen-bond donors (Lipinski definition) is 1. The molecule has 15 heavy (non-hydrogen) atoms. The monoisotopic (exact) mass is 318 g/mol. The maximum atomic E-state index is 10.9. The molecule has 0 aliphatic carbocycles. The highest BCUT2D eigenvalue weighted by Crippen LogP contribution is 2.16. The van der Waals surface area contributed by atoms with Crippen molar-refractivity contribution >= 4 is 34.8 Å². The van der Waals surface area contributed by atoms with Crippen LogP contribution in [0.25, 0.3) is 0 Å². The van der Waals surface area contributed by atoms with Gasteiger partial charge < -0.3 is 9.90 Å². The lowest BCUT2D eigenvalue weighted by atomic mass is 10.0. The SMILES string of the molecule is CC(C=O)Cc1ccc(I)c(C(=O)O)c1. The van der Waals surface area contributed by atoms with Crippen molar-refractivity contribution in [3.63, 3.8) is 0 Å². The summed E-state index contributed by atoms with van der Waals surface area (Å²) in [6.07, 6.45) is 1.46. The summed E-state index contributed by atoms with van der Waals surface area (Å²) in [4.78, 5) is 21.3. The molecule has 3 nitrogen and oxygen atoms in total. The molecular formula is C11H11IO3. The molecule has 0 saturated heterocycles. The number of rotatable bonds is 4. The van der Waals surface area contributed by atoms with Crippen molar-refractivity contribution in [3.05, 3.63) is 32.9 Å². The molecule has 80 valence electrons. The van der Waals surface area contributed by atoms with Gasteiger partial charge in [0, 0.05) is 9.49 Å². The molecule has 0 spiro atoms. The number of carboxylic acid groups (broad SMARTS) is 1. The number of hydrogen-bond acceptors (Lipinski definition) is 2. The summed E-state index contributed by atoms with van der Waals surface area (Å²) in [7, 11) is 0. The van der Waals surface area contributed by atoms with Gasteiger partial charge in [0.25, 0.3) is 0 Å². The highest BCUT2D eigenvalue weighted by molar-refractivity contribution is 14.1. The van der Waals surface area contributed by atoms with E-state index in [1.54, 1.807) is 12.1 Å². The number of benzene rings is 1. The van der Waals surface area contributed by atoms with E-state index >= 15 is 0 Å². The van der Waals surface area contributed by atoms with Gasteiger partial charge in [0.15, 0.2) is 0 Å². The number of carbonyl (C=O) groups is 2. The summed E-state index contributed by atoms with van der Waals surface area (Å²) in [6, 6.07) is 5.25. The zero-order valence-electron chi connectivity index (χ0n) is 8.24. The van der Waals surface area contributed by atoms with Crippen LogP contribution in [0, 0.1) is 9.49 Å². The molecule has 0 aliphatic heterocycles. The first-order valence-corrected chi connectivity index (χ1v) is 5.59. The Morgan fingerprint density at radius 1 is 1.60 bits per heavy atom. The average Bonchev–Trinajstić information content (AvgIpc) is 2.20. The van der Waals surface area contributed by atoms with Gasteiger partial charge in [-0.05, 0) is 46.7 Å². The second-order valence-corrected chi connectivity index (χ2v) is 4.60. The van der Waals surface area contributed by atoms with Crippen LogP contribution in [-0.4, -0.2) is 17.4 Å². The van der Waals surface area contributed by atoms with E-state index in [0.29, 0.717) is 15.6 Å². The number of carbonyl (C=O) groups excluding carboxylic acids is 1. The van der Waals surface area contributed by atoms with Crippen LogP contribution in [0.4, 0.5) is 0 Å². The Balaban J connectivity index is 2.97. The minimum absolute atomic E-state index is 0.0771. The van der Waals surface area contributed by atoms with Crippen LogP contribution in [0.5, 0.6) is 0 Å². The van der Waals surface area contributed by atoms with Crippen LogP contribution < -0.4 is 0 Å². The molecule has 1 rings (SSSR count). The molecule has 0 radical (unpaired) electrons. The molecule has 1 aromatic carbocycles. The van der Waals surface area contributed by atoms with Crippen LogP contribution >= 0.6 is 22.6 Å². The summed E-state index contributed by atoms with van der Waals surface area (Å²) in [5.41, 5.74) is 1.18. The van der Waals surface area contributed by atoms with E-state index in [1.165, 1.54) is 0 Å². The molecule has 1 aromatic rings. The first-order valence-electron chi connectivity index (χ1n) is 4.51. The molecule has 0 saturated carbocycles. The lowest BCUT2D eigenvalue weighted by Gasteiger charge is -2.06. The highest BCUT2D eigenvalue weighted by Gasteiger charge is 2.10. The second kappa shape index (κ2) is 5.25. The van der Waals surface area contributed by atoms with E-state index in [1.807, 2.05) is 35.6 Å². The molecule has 0 amide bonds. The molecular weight excluding hydrogens is 307 g/mol. The van der Waals surface area contributed by atoms with Gasteiger partial charge >= 0.3 is 5.97 Å². The van der Waals surface area contributed by atoms with E-state index in [-0.39, 0.29) is 5.92 Å². The Labute approximate surface area is 102 Å². The Morgan fingerprint density at radius 3 is 2.80 bits per heavy atom. The van der Waals surface area contributed by atoms with Gasteiger partial charge in [0.2, 0.25) is 0 Å². The molecule has 0 fully saturated rings. The number of carboxylic acids is 1. The molecule has 0 bridgehead atoms. The number of aldehydes is 1. The predicted molar refractivity (Wildman–Crippen MR) is 65.1 cm³/mol. The standard InChI is InChI=1S/C11H11IO3/c1-7(6-13)4-8-2-3-10(12)9(5-8)11(14)15/h2-3,5-7H,4H2,1H3,(H,14,15). The number of halogens is 1. The quantitative estimate of drug-likeness (QED) is 0.685. The molecule has 1 atom stereocenters. The van der Waals surface area contributed by atoms with E-state index in [0.717, 1.165) is 11.8 Å². The van der Waals surface area contributed by atoms with Gasteiger partial charge in [-0.15, -0.1) is 0 Å². The van der Waals surface area contributed by atoms with Crippen molar-refractivity contribution in [1.29, 1.82) is 0 Å². The summed E-state index contributed by atoms with van der Waals surface area (Å²) in [5.74, 6) is -1.01. The van der Waals surface area contributed by atoms with Crippen molar-refractivity contribution in [3.8, 4) is 0 Å². The maximum Gasteiger partial charge on any atom is 0.336 e. The van der Waals surface area contributed by atoms with Crippen molar-refractivity contribution in [2.75, 3.05) is 0 Å². The highest BCUT2D eigenvalue weighted by atomic mass is 127.